The van der Waals surface area contributed by atoms with Crippen molar-refractivity contribution in [1.82, 2.24) is 20.4 Å². The predicted molar refractivity (Wildman–Crippen MR) is 99.8 cm³/mol. The fraction of sp³-hybridized carbons (Fsp3) is 0.550. The van der Waals surface area contributed by atoms with Crippen LogP contribution in [0.2, 0.25) is 0 Å². The van der Waals surface area contributed by atoms with Gasteiger partial charge in [0.15, 0.2) is 5.82 Å². The number of hydrogen-bond acceptors (Lipinski definition) is 6. The van der Waals surface area contributed by atoms with E-state index in [-0.39, 0.29) is 17.4 Å². The summed E-state index contributed by atoms with van der Waals surface area (Å²) in [5.41, 5.74) is 0.587. The van der Waals surface area contributed by atoms with Crippen molar-refractivity contribution in [2.45, 2.75) is 44.1 Å². The lowest BCUT2D eigenvalue weighted by Crippen LogP contribution is -2.38. The van der Waals surface area contributed by atoms with Crippen LogP contribution >= 0.6 is 0 Å². The molecule has 0 radical (unpaired) electrons. The molecule has 144 valence electrons. The van der Waals surface area contributed by atoms with Crippen molar-refractivity contribution < 1.29 is 14.1 Å². The fourth-order valence-electron chi connectivity index (χ4n) is 3.98. The highest BCUT2D eigenvalue weighted by Gasteiger charge is 2.38. The second-order valence-corrected chi connectivity index (χ2v) is 7.65. The Bertz CT molecular complexity index is 796. The number of amides is 1. The van der Waals surface area contributed by atoms with Crippen molar-refractivity contribution in [3.8, 4) is 5.75 Å². The molecule has 2 aromatic rings. The van der Waals surface area contributed by atoms with Gasteiger partial charge in [-0.3, -0.25) is 4.79 Å². The van der Waals surface area contributed by atoms with Gasteiger partial charge in [0.1, 0.15) is 11.8 Å². The van der Waals surface area contributed by atoms with E-state index in [1.165, 1.54) is 0 Å². The van der Waals surface area contributed by atoms with Crippen LogP contribution in [0.5, 0.6) is 5.75 Å². The molecule has 2 fully saturated rings. The van der Waals surface area contributed by atoms with Crippen LogP contribution in [0.3, 0.4) is 0 Å². The van der Waals surface area contributed by atoms with Crippen LogP contribution in [0.4, 0.5) is 0 Å². The summed E-state index contributed by atoms with van der Waals surface area (Å²) in [6.45, 7) is 4.82. The normalized spacial score (nSPS) is 22.0. The summed E-state index contributed by atoms with van der Waals surface area (Å²) < 4.78 is 10.8. The van der Waals surface area contributed by atoms with Crippen molar-refractivity contribution in [3.05, 3.63) is 41.5 Å². The average molecular weight is 370 g/mol. The van der Waals surface area contributed by atoms with E-state index < -0.39 is 0 Å². The predicted octanol–water partition coefficient (Wildman–Crippen LogP) is 2.70. The molecule has 4 rings (SSSR count). The van der Waals surface area contributed by atoms with Gasteiger partial charge >= 0.3 is 0 Å². The van der Waals surface area contributed by atoms with E-state index in [0.717, 1.165) is 50.3 Å². The minimum atomic E-state index is -0.147. The van der Waals surface area contributed by atoms with Crippen molar-refractivity contribution >= 4 is 5.91 Å². The van der Waals surface area contributed by atoms with Crippen LogP contribution in [0.1, 0.15) is 60.7 Å². The molecule has 1 unspecified atom stereocenters. The van der Waals surface area contributed by atoms with Gasteiger partial charge in [0.05, 0.1) is 7.11 Å². The van der Waals surface area contributed by atoms with E-state index >= 15 is 0 Å². The maximum absolute atomic E-state index is 13.0. The molecule has 2 aliphatic heterocycles. The molecule has 7 heteroatoms. The lowest BCUT2D eigenvalue weighted by Gasteiger charge is -2.30. The molecule has 0 bridgehead atoms. The molecule has 1 aromatic carbocycles. The highest BCUT2D eigenvalue weighted by atomic mass is 16.5. The van der Waals surface area contributed by atoms with Gasteiger partial charge in [-0.15, -0.1) is 0 Å². The number of methoxy groups -OCH3 is 1. The Labute approximate surface area is 159 Å². The van der Waals surface area contributed by atoms with E-state index in [9.17, 15) is 4.79 Å². The number of nitrogens with one attached hydrogen (secondary N) is 1. The minimum Gasteiger partial charge on any atom is -0.497 e. The molecule has 0 saturated carbocycles. The largest absolute Gasteiger partial charge is 0.497 e. The second-order valence-electron chi connectivity index (χ2n) is 7.65. The average Bonchev–Trinajstić information content (AvgIpc) is 3.37. The molecule has 2 aliphatic rings. The van der Waals surface area contributed by atoms with Gasteiger partial charge in [-0.1, -0.05) is 12.1 Å². The molecular formula is C20H26N4O3. The van der Waals surface area contributed by atoms with Gasteiger partial charge in [0.2, 0.25) is 5.89 Å². The molecule has 3 heterocycles. The maximum atomic E-state index is 13.0. The van der Waals surface area contributed by atoms with Crippen molar-refractivity contribution in [3.63, 3.8) is 0 Å². The standard InChI is InChI=1S/C20H26N4O3/c1-20(9-11-21-12-10-20)19-22-17(27-23-19)16-4-3-13-24(16)18(25)14-5-7-15(26-2)8-6-14/h5-8,16,21H,3-4,9-13H2,1-2H3. The summed E-state index contributed by atoms with van der Waals surface area (Å²) in [7, 11) is 1.61. The third-order valence-electron chi connectivity index (χ3n) is 5.82. The Balaban J connectivity index is 1.53. The summed E-state index contributed by atoms with van der Waals surface area (Å²) in [5, 5.41) is 7.65. The van der Waals surface area contributed by atoms with Gasteiger partial charge < -0.3 is 19.5 Å². The number of aromatic nitrogens is 2. The number of likely N-dealkylation sites (tertiary alicyclic amines) is 1. The number of benzene rings is 1. The molecule has 1 atom stereocenters. The lowest BCUT2D eigenvalue weighted by atomic mass is 9.80. The quantitative estimate of drug-likeness (QED) is 0.891. The molecule has 7 nitrogen and oxygen atoms in total. The van der Waals surface area contributed by atoms with Crippen LogP contribution in [0.25, 0.3) is 0 Å². The number of rotatable bonds is 4. The Morgan fingerprint density at radius 3 is 2.74 bits per heavy atom. The molecule has 27 heavy (non-hydrogen) atoms. The molecule has 2 saturated heterocycles. The van der Waals surface area contributed by atoms with Gasteiger partial charge in [0, 0.05) is 17.5 Å². The number of ether oxygens (including phenoxy) is 1. The summed E-state index contributed by atoms with van der Waals surface area (Å²) >= 11 is 0. The lowest BCUT2D eigenvalue weighted by molar-refractivity contribution is 0.0710. The van der Waals surface area contributed by atoms with Crippen LogP contribution in [-0.2, 0) is 5.41 Å². The van der Waals surface area contributed by atoms with Crippen molar-refractivity contribution in [1.29, 1.82) is 0 Å². The Hall–Kier alpha value is -2.41. The van der Waals surface area contributed by atoms with E-state index in [4.69, 9.17) is 14.2 Å². The first-order valence-electron chi connectivity index (χ1n) is 9.60. The third-order valence-corrected chi connectivity index (χ3v) is 5.82. The SMILES string of the molecule is COc1ccc(C(=O)N2CCCC2c2nc(C3(C)CCNCC3)no2)cc1. The van der Waals surface area contributed by atoms with E-state index in [1.807, 2.05) is 4.90 Å². The molecule has 1 aromatic heterocycles. The highest BCUT2D eigenvalue weighted by Crippen LogP contribution is 2.35. The summed E-state index contributed by atoms with van der Waals surface area (Å²) in [4.78, 5) is 19.6. The zero-order valence-corrected chi connectivity index (χ0v) is 15.9. The van der Waals surface area contributed by atoms with Crippen LogP contribution in [0, 0.1) is 0 Å². The smallest absolute Gasteiger partial charge is 0.254 e. The summed E-state index contributed by atoms with van der Waals surface area (Å²) in [6, 6.07) is 7.06. The zero-order chi connectivity index (χ0) is 18.9. The molecular weight excluding hydrogens is 344 g/mol. The summed E-state index contributed by atoms with van der Waals surface area (Å²) in [5.74, 6) is 2.06. The molecule has 1 amide bonds. The monoisotopic (exact) mass is 370 g/mol. The Morgan fingerprint density at radius 1 is 1.30 bits per heavy atom. The van der Waals surface area contributed by atoms with E-state index in [0.29, 0.717) is 18.0 Å². The third kappa shape index (κ3) is 3.43. The van der Waals surface area contributed by atoms with Crippen molar-refractivity contribution in [2.75, 3.05) is 26.7 Å². The first-order valence-corrected chi connectivity index (χ1v) is 9.60. The first kappa shape index (κ1) is 18.0. The summed E-state index contributed by atoms with van der Waals surface area (Å²) in [6.07, 6.45) is 3.77. The minimum absolute atomic E-state index is 0.00650. The van der Waals surface area contributed by atoms with E-state index in [1.54, 1.807) is 31.4 Å². The Morgan fingerprint density at radius 2 is 2.04 bits per heavy atom. The number of carbonyl (C=O) groups excluding carboxylic acids is 1. The fourth-order valence-corrected chi connectivity index (χ4v) is 3.98. The number of piperidine rings is 1. The van der Waals surface area contributed by atoms with E-state index in [2.05, 4.69) is 17.4 Å². The van der Waals surface area contributed by atoms with Gasteiger partial charge in [-0.2, -0.15) is 4.98 Å². The maximum Gasteiger partial charge on any atom is 0.254 e. The topological polar surface area (TPSA) is 80.5 Å². The number of hydrogen-bond donors (Lipinski definition) is 1. The van der Waals surface area contributed by atoms with Crippen LogP contribution in [0.15, 0.2) is 28.8 Å². The molecule has 0 aliphatic carbocycles. The van der Waals surface area contributed by atoms with Gasteiger partial charge in [-0.05, 0) is 63.0 Å². The van der Waals surface area contributed by atoms with Crippen LogP contribution < -0.4 is 10.1 Å². The second kappa shape index (κ2) is 7.31. The zero-order valence-electron chi connectivity index (χ0n) is 15.9. The highest BCUT2D eigenvalue weighted by molar-refractivity contribution is 5.94. The number of nitrogens with zero attached hydrogens (tertiary/aromatic N) is 3. The first-order chi connectivity index (χ1) is 13.1. The van der Waals surface area contributed by atoms with Crippen molar-refractivity contribution in [2.24, 2.45) is 0 Å². The molecule has 1 N–H and O–H groups in total. The van der Waals surface area contributed by atoms with Gasteiger partial charge in [-0.25, -0.2) is 0 Å². The number of carbonyl (C=O) groups is 1. The Kier molecular flexibility index (Phi) is 4.86. The van der Waals surface area contributed by atoms with Gasteiger partial charge in [0.25, 0.3) is 5.91 Å². The molecule has 0 spiro atoms. The van der Waals surface area contributed by atoms with Crippen LogP contribution in [-0.4, -0.2) is 47.7 Å².